The highest BCUT2D eigenvalue weighted by atomic mass is 27.0. The molecule has 0 aliphatic heterocycles. The Labute approximate surface area is 107 Å². The quantitative estimate of drug-likeness (QED) is 0.577. The molecule has 92 valence electrons. The van der Waals surface area contributed by atoms with Crippen molar-refractivity contribution in [2.45, 2.75) is 41.0 Å². The van der Waals surface area contributed by atoms with E-state index < -0.39 is 22.6 Å². The number of carbonyl (C=O) groups excluding carboxylic acids is 2. The minimum Gasteiger partial charge on any atom is -0.481 e. The number of Topliss-reactive ketones (excluding diaryl/α,β-unsaturated/α-hetero) is 2. The normalized spacial score (nSPS) is 11.6. The number of hydrogen-bond donors (Lipinski definition) is 1. The van der Waals surface area contributed by atoms with Gasteiger partial charge >= 0.3 is 5.97 Å². The molecule has 1 N–H and O–H groups in total. The fraction of sp³-hybridized carbons (Fsp3) is 0.727. The molecule has 5 heteroatoms. The number of aliphatic carboxylic acids is 1. The zero-order chi connectivity index (χ0) is 12.4. The summed E-state index contributed by atoms with van der Waals surface area (Å²) >= 11 is 0. The third kappa shape index (κ3) is 4.46. The van der Waals surface area contributed by atoms with E-state index in [1.165, 1.54) is 13.8 Å². The molecule has 0 aliphatic rings. The van der Waals surface area contributed by atoms with Crippen molar-refractivity contribution < 1.29 is 19.5 Å². The lowest BCUT2D eigenvalue weighted by atomic mass is 9.80. The Balaban J connectivity index is 0. The lowest BCUT2D eigenvalue weighted by molar-refractivity contribution is -0.153. The topological polar surface area (TPSA) is 71.4 Å². The van der Waals surface area contributed by atoms with Crippen LogP contribution in [0.15, 0.2) is 0 Å². The van der Waals surface area contributed by atoms with Crippen molar-refractivity contribution in [1.29, 1.82) is 0 Å². The van der Waals surface area contributed by atoms with Crippen LogP contribution in [0.4, 0.5) is 0 Å². The van der Waals surface area contributed by atoms with Crippen LogP contribution in [0.1, 0.15) is 41.0 Å². The Morgan fingerprint density at radius 3 is 1.56 bits per heavy atom. The molecule has 0 rings (SSSR count). The molecule has 4 nitrogen and oxygen atoms in total. The third-order valence-corrected chi connectivity index (χ3v) is 2.39. The maximum atomic E-state index is 11.6. The van der Waals surface area contributed by atoms with Crippen LogP contribution < -0.4 is 0 Å². The van der Waals surface area contributed by atoms with Crippen LogP contribution >= 0.6 is 0 Å². The maximum absolute atomic E-state index is 11.6. The monoisotopic (exact) mass is 244 g/mol. The molecule has 0 bridgehead atoms. The number of carboxylic acid groups (broad SMARTS) is 1. The summed E-state index contributed by atoms with van der Waals surface area (Å²) in [7, 11) is 0. The Morgan fingerprint density at radius 2 is 1.31 bits per heavy atom. The lowest BCUT2D eigenvalue weighted by Gasteiger charge is -2.21. The summed E-state index contributed by atoms with van der Waals surface area (Å²) in [5.74, 6) is -1.98. The van der Waals surface area contributed by atoms with Gasteiger partial charge < -0.3 is 5.11 Å². The fourth-order valence-electron chi connectivity index (χ4n) is 0.751. The SMILES string of the molecule is CC(C)(C)C(=O)CC(=O)C(C)(C)C(=O)O.[AlH3]. The minimum atomic E-state index is -1.49. The second-order valence-corrected chi connectivity index (χ2v) is 5.20. The van der Waals surface area contributed by atoms with Crippen molar-refractivity contribution in [1.82, 2.24) is 0 Å². The highest BCUT2D eigenvalue weighted by Gasteiger charge is 2.38. The molecule has 0 amide bonds. The molecule has 0 aromatic heterocycles. The Hall–Kier alpha value is -0.658. The largest absolute Gasteiger partial charge is 0.481 e. The van der Waals surface area contributed by atoms with Gasteiger partial charge in [-0.2, -0.15) is 0 Å². The molecular weight excluding hydrogens is 223 g/mol. The second kappa shape index (κ2) is 5.61. The molecule has 0 atom stereocenters. The first-order valence-corrected chi connectivity index (χ1v) is 4.79. The maximum Gasteiger partial charge on any atom is 0.316 e. The average Bonchev–Trinajstić information content (AvgIpc) is 2.01. The van der Waals surface area contributed by atoms with Gasteiger partial charge in [-0.25, -0.2) is 0 Å². The molecule has 0 saturated heterocycles. The van der Waals surface area contributed by atoms with Crippen LogP contribution in [0, 0.1) is 10.8 Å². The summed E-state index contributed by atoms with van der Waals surface area (Å²) in [5, 5.41) is 8.80. The van der Waals surface area contributed by atoms with Gasteiger partial charge in [-0.3, -0.25) is 14.4 Å². The van der Waals surface area contributed by atoms with Crippen molar-refractivity contribution >= 4 is 34.9 Å². The summed E-state index contributed by atoms with van der Waals surface area (Å²) in [6.07, 6.45) is -0.317. The average molecular weight is 244 g/mol. The van der Waals surface area contributed by atoms with Gasteiger partial charge in [0.15, 0.2) is 23.1 Å². The van der Waals surface area contributed by atoms with E-state index in [0.717, 1.165) is 0 Å². The van der Waals surface area contributed by atoms with Gasteiger partial charge in [0.05, 0.1) is 6.42 Å². The highest BCUT2D eigenvalue weighted by Crippen LogP contribution is 2.23. The van der Waals surface area contributed by atoms with Crippen LogP contribution in [0.25, 0.3) is 0 Å². The first kappa shape index (κ1) is 17.7. The van der Waals surface area contributed by atoms with Crippen LogP contribution in [0.2, 0.25) is 0 Å². The fourth-order valence-corrected chi connectivity index (χ4v) is 0.751. The van der Waals surface area contributed by atoms with Crippen molar-refractivity contribution in [3.05, 3.63) is 0 Å². The summed E-state index contributed by atoms with van der Waals surface area (Å²) in [4.78, 5) is 33.9. The minimum absolute atomic E-state index is 0. The zero-order valence-electron chi connectivity index (χ0n) is 9.88. The number of carboxylic acids is 1. The standard InChI is InChI=1S/C11H18O4.Al.3H/c1-10(2,3)7(12)6-8(13)11(4,5)9(14)15;;;;/h6H2,1-5H3,(H,14,15);;;;. The van der Waals surface area contributed by atoms with E-state index >= 15 is 0 Å². The predicted molar refractivity (Wildman–Crippen MR) is 65.4 cm³/mol. The van der Waals surface area contributed by atoms with E-state index in [-0.39, 0.29) is 29.6 Å². The summed E-state index contributed by atoms with van der Waals surface area (Å²) in [6.45, 7) is 7.74. The second-order valence-electron chi connectivity index (χ2n) is 5.20. The van der Waals surface area contributed by atoms with Crippen LogP contribution in [-0.2, 0) is 14.4 Å². The van der Waals surface area contributed by atoms with Gasteiger partial charge in [0.25, 0.3) is 0 Å². The molecule has 0 heterocycles. The first-order chi connectivity index (χ1) is 6.49. The summed E-state index contributed by atoms with van der Waals surface area (Å²) in [5.41, 5.74) is -2.09. The first-order valence-electron chi connectivity index (χ1n) is 4.79. The number of carbonyl (C=O) groups is 3. The van der Waals surface area contributed by atoms with Crippen molar-refractivity contribution in [3.63, 3.8) is 0 Å². The van der Waals surface area contributed by atoms with Gasteiger partial charge in [0.1, 0.15) is 11.2 Å². The predicted octanol–water partition coefficient (Wildman–Crippen LogP) is 0.488. The highest BCUT2D eigenvalue weighted by molar-refractivity contribution is 6.10. The van der Waals surface area contributed by atoms with E-state index in [4.69, 9.17) is 5.11 Å². The summed E-state index contributed by atoms with van der Waals surface area (Å²) < 4.78 is 0. The van der Waals surface area contributed by atoms with Gasteiger partial charge in [0, 0.05) is 5.41 Å². The number of rotatable bonds is 4. The third-order valence-electron chi connectivity index (χ3n) is 2.39. The smallest absolute Gasteiger partial charge is 0.316 e. The molecule has 0 aliphatic carbocycles. The molecule has 16 heavy (non-hydrogen) atoms. The Morgan fingerprint density at radius 1 is 0.938 bits per heavy atom. The van der Waals surface area contributed by atoms with E-state index in [9.17, 15) is 14.4 Å². The van der Waals surface area contributed by atoms with Crippen LogP contribution in [0.3, 0.4) is 0 Å². The summed E-state index contributed by atoms with van der Waals surface area (Å²) in [6, 6.07) is 0. The lowest BCUT2D eigenvalue weighted by Crippen LogP contribution is -2.36. The van der Waals surface area contributed by atoms with Crippen molar-refractivity contribution in [2.24, 2.45) is 10.8 Å². The molecule has 0 saturated carbocycles. The van der Waals surface area contributed by atoms with Crippen molar-refractivity contribution in [3.8, 4) is 0 Å². The number of ketones is 2. The van der Waals surface area contributed by atoms with Gasteiger partial charge in [-0.1, -0.05) is 20.8 Å². The Kier molecular flexibility index (Phi) is 6.21. The van der Waals surface area contributed by atoms with E-state index in [1.807, 2.05) is 0 Å². The molecule has 0 fully saturated rings. The zero-order valence-corrected chi connectivity index (χ0v) is 9.88. The van der Waals surface area contributed by atoms with Crippen LogP contribution in [-0.4, -0.2) is 40.0 Å². The van der Waals surface area contributed by atoms with Gasteiger partial charge in [-0.15, -0.1) is 0 Å². The molecule has 0 spiro atoms. The van der Waals surface area contributed by atoms with Crippen molar-refractivity contribution in [2.75, 3.05) is 0 Å². The van der Waals surface area contributed by atoms with Gasteiger partial charge in [-0.05, 0) is 13.8 Å². The Bertz CT molecular complexity index is 300. The molecule has 0 aromatic carbocycles. The van der Waals surface area contributed by atoms with Gasteiger partial charge in [0.2, 0.25) is 0 Å². The van der Waals surface area contributed by atoms with E-state index in [0.29, 0.717) is 0 Å². The van der Waals surface area contributed by atoms with E-state index in [2.05, 4.69) is 0 Å². The molecule has 0 radical (unpaired) electrons. The molecular formula is C11H21AlO4. The van der Waals surface area contributed by atoms with Crippen LogP contribution in [0.5, 0.6) is 0 Å². The molecule has 0 unspecified atom stereocenters. The number of hydrogen-bond acceptors (Lipinski definition) is 3. The van der Waals surface area contributed by atoms with E-state index in [1.54, 1.807) is 20.8 Å². The molecule has 0 aromatic rings.